The molecule has 0 aromatic heterocycles. The van der Waals surface area contributed by atoms with Crippen LogP contribution >= 0.6 is 0 Å². The molecule has 1 atom stereocenters. The van der Waals surface area contributed by atoms with Crippen molar-refractivity contribution < 1.29 is 9.90 Å². The highest BCUT2D eigenvalue weighted by Crippen LogP contribution is 2.17. The number of benzene rings is 1. The van der Waals surface area contributed by atoms with Crippen LogP contribution in [0.1, 0.15) is 17.9 Å². The number of aliphatic carboxylic acids is 1. The Labute approximate surface area is 76.2 Å². The molecule has 0 fully saturated rings. The van der Waals surface area contributed by atoms with Crippen molar-refractivity contribution in [3.63, 3.8) is 0 Å². The molecule has 1 aromatic rings. The Morgan fingerprint density at radius 1 is 1.46 bits per heavy atom. The third-order valence-electron chi connectivity index (χ3n) is 1.74. The summed E-state index contributed by atoms with van der Waals surface area (Å²) in [5, 5.41) is 17.2. The molecule has 3 nitrogen and oxygen atoms in total. The quantitative estimate of drug-likeness (QED) is 0.761. The maximum atomic E-state index is 10.4. The summed E-state index contributed by atoms with van der Waals surface area (Å²) in [5.74, 6) is -1.49. The first-order chi connectivity index (χ1) is 6.24. The first-order valence-electron chi connectivity index (χ1n) is 3.90. The van der Waals surface area contributed by atoms with Gasteiger partial charge in [-0.15, -0.1) is 0 Å². The Morgan fingerprint density at radius 3 is 2.54 bits per heavy atom. The number of carboxylic acid groups (broad SMARTS) is 1. The van der Waals surface area contributed by atoms with Gasteiger partial charge in [-0.3, -0.25) is 4.79 Å². The number of hydrogen-bond donors (Lipinski definition) is 1. The molecule has 1 rings (SSSR count). The summed E-state index contributed by atoms with van der Waals surface area (Å²) in [7, 11) is 0. The summed E-state index contributed by atoms with van der Waals surface area (Å²) in [6.07, 6.45) is -0.138. The van der Waals surface area contributed by atoms with Crippen LogP contribution in [0.25, 0.3) is 0 Å². The molecule has 3 heteroatoms. The molecule has 0 amide bonds. The molecule has 0 unspecified atom stereocenters. The first kappa shape index (κ1) is 9.27. The minimum Gasteiger partial charge on any atom is -0.481 e. The molecular formula is C10H9NO2. The van der Waals surface area contributed by atoms with E-state index in [-0.39, 0.29) is 6.42 Å². The van der Waals surface area contributed by atoms with Crippen LogP contribution in [0.3, 0.4) is 0 Å². The Balaban J connectivity index is 2.80. The zero-order valence-corrected chi connectivity index (χ0v) is 6.97. The minimum atomic E-state index is -0.949. The van der Waals surface area contributed by atoms with Gasteiger partial charge in [0, 0.05) is 0 Å². The van der Waals surface area contributed by atoms with E-state index in [2.05, 4.69) is 0 Å². The lowest BCUT2D eigenvalue weighted by Gasteiger charge is -2.04. The average molecular weight is 175 g/mol. The zero-order valence-electron chi connectivity index (χ0n) is 6.97. The van der Waals surface area contributed by atoms with E-state index < -0.39 is 11.9 Å². The van der Waals surface area contributed by atoms with Gasteiger partial charge in [-0.2, -0.15) is 5.26 Å². The summed E-state index contributed by atoms with van der Waals surface area (Å²) < 4.78 is 0. The predicted octanol–water partition coefficient (Wildman–Crippen LogP) is 1.77. The van der Waals surface area contributed by atoms with Crippen LogP contribution in [0, 0.1) is 11.3 Å². The van der Waals surface area contributed by atoms with Gasteiger partial charge in [0.1, 0.15) is 0 Å². The van der Waals surface area contributed by atoms with Crippen LogP contribution in [0.2, 0.25) is 0 Å². The second kappa shape index (κ2) is 4.27. The fourth-order valence-electron chi connectivity index (χ4n) is 1.10. The fraction of sp³-hybridized carbons (Fsp3) is 0.200. The number of carbonyl (C=O) groups is 1. The maximum absolute atomic E-state index is 10.4. The summed E-state index contributed by atoms with van der Waals surface area (Å²) in [6.45, 7) is 0. The second-order valence-electron chi connectivity index (χ2n) is 2.69. The molecule has 1 N–H and O–H groups in total. The molecule has 0 aliphatic rings. The van der Waals surface area contributed by atoms with Gasteiger partial charge in [-0.25, -0.2) is 0 Å². The van der Waals surface area contributed by atoms with E-state index >= 15 is 0 Å². The van der Waals surface area contributed by atoms with Gasteiger partial charge in [0.15, 0.2) is 0 Å². The van der Waals surface area contributed by atoms with E-state index in [1.807, 2.05) is 12.1 Å². The highest BCUT2D eigenvalue weighted by atomic mass is 16.4. The Hall–Kier alpha value is -1.82. The van der Waals surface area contributed by atoms with Gasteiger partial charge in [-0.1, -0.05) is 30.3 Å². The lowest BCUT2D eigenvalue weighted by Crippen LogP contribution is -2.03. The van der Waals surface area contributed by atoms with Crippen molar-refractivity contribution in [1.82, 2.24) is 0 Å². The number of nitriles is 1. The van der Waals surface area contributed by atoms with Crippen LogP contribution < -0.4 is 0 Å². The van der Waals surface area contributed by atoms with Crippen LogP contribution in [0.15, 0.2) is 30.3 Å². The zero-order chi connectivity index (χ0) is 9.68. The van der Waals surface area contributed by atoms with E-state index in [1.165, 1.54) is 0 Å². The molecule has 66 valence electrons. The van der Waals surface area contributed by atoms with Crippen molar-refractivity contribution in [2.75, 3.05) is 0 Å². The standard InChI is InChI=1S/C10H9NO2/c11-7-9(6-10(12)13)8-4-2-1-3-5-8/h1-5,9H,6H2,(H,12,13)/t9-/m0/s1. The maximum Gasteiger partial charge on any atom is 0.305 e. The third-order valence-corrected chi connectivity index (χ3v) is 1.74. The van der Waals surface area contributed by atoms with Gasteiger partial charge >= 0.3 is 5.97 Å². The molecule has 0 aliphatic heterocycles. The van der Waals surface area contributed by atoms with E-state index in [4.69, 9.17) is 10.4 Å². The van der Waals surface area contributed by atoms with Gasteiger partial charge in [-0.05, 0) is 5.56 Å². The highest BCUT2D eigenvalue weighted by Gasteiger charge is 2.13. The molecule has 13 heavy (non-hydrogen) atoms. The molecule has 0 aliphatic carbocycles. The van der Waals surface area contributed by atoms with Crippen LogP contribution in [0.5, 0.6) is 0 Å². The molecule has 0 radical (unpaired) electrons. The SMILES string of the molecule is N#C[C@H](CC(=O)O)c1ccccc1. The highest BCUT2D eigenvalue weighted by molar-refractivity contribution is 5.68. The van der Waals surface area contributed by atoms with Crippen LogP contribution in [0.4, 0.5) is 0 Å². The monoisotopic (exact) mass is 175 g/mol. The summed E-state index contributed by atoms with van der Waals surface area (Å²) in [6, 6.07) is 10.9. The normalized spacial score (nSPS) is 11.6. The molecule has 1 aromatic carbocycles. The van der Waals surface area contributed by atoms with E-state index in [0.29, 0.717) is 0 Å². The summed E-state index contributed by atoms with van der Waals surface area (Å²) >= 11 is 0. The smallest absolute Gasteiger partial charge is 0.305 e. The molecule has 0 heterocycles. The summed E-state index contributed by atoms with van der Waals surface area (Å²) in [4.78, 5) is 10.4. The van der Waals surface area contributed by atoms with Crippen molar-refractivity contribution in [2.45, 2.75) is 12.3 Å². The lowest BCUT2D eigenvalue weighted by atomic mass is 9.98. The van der Waals surface area contributed by atoms with Crippen molar-refractivity contribution in [1.29, 1.82) is 5.26 Å². The number of carboxylic acids is 1. The number of nitrogens with zero attached hydrogens (tertiary/aromatic N) is 1. The average Bonchev–Trinajstić information content (AvgIpc) is 2.15. The van der Waals surface area contributed by atoms with Gasteiger partial charge in [0.05, 0.1) is 18.4 Å². The van der Waals surface area contributed by atoms with E-state index in [9.17, 15) is 4.79 Å². The van der Waals surface area contributed by atoms with Gasteiger partial charge < -0.3 is 5.11 Å². The van der Waals surface area contributed by atoms with E-state index in [0.717, 1.165) is 5.56 Å². The molecule has 0 bridgehead atoms. The van der Waals surface area contributed by atoms with Gasteiger partial charge in [0.25, 0.3) is 0 Å². The summed E-state index contributed by atoms with van der Waals surface area (Å²) in [5.41, 5.74) is 0.757. The Kier molecular flexibility index (Phi) is 3.04. The third kappa shape index (κ3) is 2.60. The fourth-order valence-corrected chi connectivity index (χ4v) is 1.10. The lowest BCUT2D eigenvalue weighted by molar-refractivity contribution is -0.137. The van der Waals surface area contributed by atoms with Crippen LogP contribution in [-0.4, -0.2) is 11.1 Å². The van der Waals surface area contributed by atoms with Crippen molar-refractivity contribution in [3.05, 3.63) is 35.9 Å². The number of hydrogen-bond acceptors (Lipinski definition) is 2. The Morgan fingerprint density at radius 2 is 2.08 bits per heavy atom. The van der Waals surface area contributed by atoms with Crippen molar-refractivity contribution in [3.8, 4) is 6.07 Å². The molecule has 0 saturated heterocycles. The van der Waals surface area contributed by atoms with Gasteiger partial charge in [0.2, 0.25) is 0 Å². The van der Waals surface area contributed by atoms with Crippen molar-refractivity contribution in [2.24, 2.45) is 0 Å². The Bertz CT molecular complexity index is 327. The topological polar surface area (TPSA) is 61.1 Å². The molecular weight excluding hydrogens is 166 g/mol. The molecule has 0 saturated carbocycles. The number of rotatable bonds is 3. The predicted molar refractivity (Wildman–Crippen MR) is 47.0 cm³/mol. The first-order valence-corrected chi connectivity index (χ1v) is 3.90. The largest absolute Gasteiger partial charge is 0.481 e. The van der Waals surface area contributed by atoms with Crippen molar-refractivity contribution >= 4 is 5.97 Å². The molecule has 0 spiro atoms. The van der Waals surface area contributed by atoms with Crippen LogP contribution in [-0.2, 0) is 4.79 Å². The minimum absolute atomic E-state index is 0.138. The van der Waals surface area contributed by atoms with E-state index in [1.54, 1.807) is 24.3 Å². The second-order valence-corrected chi connectivity index (χ2v) is 2.69.